The third-order valence-corrected chi connectivity index (χ3v) is 6.39. The van der Waals surface area contributed by atoms with Crippen LogP contribution in [0.1, 0.15) is 31.9 Å². The Labute approximate surface area is 204 Å². The van der Waals surface area contributed by atoms with Crippen molar-refractivity contribution in [3.05, 3.63) is 67.0 Å². The van der Waals surface area contributed by atoms with Crippen molar-refractivity contribution in [1.29, 1.82) is 0 Å². The number of rotatable bonds is 9. The number of nitro benzene ring substituents is 1. The van der Waals surface area contributed by atoms with Crippen LogP contribution in [-0.4, -0.2) is 40.6 Å². The maximum absolute atomic E-state index is 12.8. The van der Waals surface area contributed by atoms with Crippen molar-refractivity contribution in [2.24, 2.45) is 4.99 Å². The molecule has 0 spiro atoms. The number of likely N-dealkylation sites (N-methyl/N-ethyl adjacent to an activating group) is 1. The molecule has 0 saturated carbocycles. The normalized spacial score (nSPS) is 16.0. The average molecular weight is 534 g/mol. The van der Waals surface area contributed by atoms with Gasteiger partial charge in [0.15, 0.2) is 16.7 Å². The third-order valence-electron chi connectivity index (χ3n) is 4.66. The van der Waals surface area contributed by atoms with Crippen LogP contribution in [0.25, 0.3) is 6.08 Å². The molecular formula is C23H24BrN3O5S. The number of ether oxygens (including phenoxy) is 2. The van der Waals surface area contributed by atoms with Crippen molar-refractivity contribution in [1.82, 2.24) is 4.90 Å². The standard InChI is InChI=1S/C23H24BrN3O5S/c1-4-25-23-26(5-2)22(28)21(33-23)12-16-11-19(31-6-3)20(13-18(16)24)32-14-15-8-7-9-17(10-15)27(29)30/h7-13H,4-6,14H2,1-3H3/b21-12+,25-23?. The number of carbonyl (C=O) groups is 1. The summed E-state index contributed by atoms with van der Waals surface area (Å²) in [5.41, 5.74) is 1.45. The van der Waals surface area contributed by atoms with E-state index in [-0.39, 0.29) is 18.2 Å². The minimum absolute atomic E-state index is 0.00937. The Hall–Kier alpha value is -2.85. The fraction of sp³-hybridized carbons (Fsp3) is 0.304. The lowest BCUT2D eigenvalue weighted by atomic mass is 10.1. The molecule has 3 rings (SSSR count). The van der Waals surface area contributed by atoms with E-state index in [4.69, 9.17) is 9.47 Å². The second kappa shape index (κ2) is 11.3. The molecule has 1 aliphatic heterocycles. The summed E-state index contributed by atoms with van der Waals surface area (Å²) in [6.07, 6.45) is 1.81. The smallest absolute Gasteiger partial charge is 0.269 e. The van der Waals surface area contributed by atoms with Crippen molar-refractivity contribution < 1.29 is 19.2 Å². The van der Waals surface area contributed by atoms with Gasteiger partial charge in [-0.2, -0.15) is 0 Å². The summed E-state index contributed by atoms with van der Waals surface area (Å²) in [6, 6.07) is 9.88. The zero-order chi connectivity index (χ0) is 24.0. The molecular weight excluding hydrogens is 510 g/mol. The van der Waals surface area contributed by atoms with Crippen LogP contribution >= 0.6 is 27.7 Å². The lowest BCUT2D eigenvalue weighted by molar-refractivity contribution is -0.384. The molecule has 8 nitrogen and oxygen atoms in total. The van der Waals surface area contributed by atoms with Crippen LogP contribution in [-0.2, 0) is 11.4 Å². The summed E-state index contributed by atoms with van der Waals surface area (Å²) in [4.78, 5) is 30.0. The van der Waals surface area contributed by atoms with E-state index in [9.17, 15) is 14.9 Å². The molecule has 0 aromatic heterocycles. The number of hydrogen-bond donors (Lipinski definition) is 0. The van der Waals surface area contributed by atoms with Gasteiger partial charge in [0.2, 0.25) is 0 Å². The third kappa shape index (κ3) is 5.94. The molecule has 0 N–H and O–H groups in total. The molecule has 174 valence electrons. The molecule has 1 saturated heterocycles. The highest BCUT2D eigenvalue weighted by Crippen LogP contribution is 2.38. The van der Waals surface area contributed by atoms with Gasteiger partial charge in [0.25, 0.3) is 11.6 Å². The van der Waals surface area contributed by atoms with Crippen LogP contribution in [0.4, 0.5) is 5.69 Å². The Balaban J connectivity index is 1.88. The number of carbonyl (C=O) groups excluding carboxylic acids is 1. The van der Waals surface area contributed by atoms with E-state index in [0.717, 1.165) is 10.0 Å². The molecule has 2 aromatic rings. The number of thioether (sulfide) groups is 1. The topological polar surface area (TPSA) is 94.3 Å². The fourth-order valence-electron chi connectivity index (χ4n) is 3.14. The van der Waals surface area contributed by atoms with Crippen LogP contribution < -0.4 is 9.47 Å². The molecule has 1 fully saturated rings. The van der Waals surface area contributed by atoms with Crippen molar-refractivity contribution in [3.63, 3.8) is 0 Å². The molecule has 1 amide bonds. The highest BCUT2D eigenvalue weighted by Gasteiger charge is 2.32. The first-order valence-electron chi connectivity index (χ1n) is 10.5. The molecule has 33 heavy (non-hydrogen) atoms. The SMILES string of the molecule is CCN=C1S/C(=C/c2cc(OCC)c(OCc3cccc([N+](=O)[O-])c3)cc2Br)C(=O)N1CC. The van der Waals surface area contributed by atoms with Crippen molar-refractivity contribution in [2.75, 3.05) is 19.7 Å². The number of amidine groups is 1. The second-order valence-corrected chi connectivity index (χ2v) is 8.75. The number of benzene rings is 2. The Morgan fingerprint density at radius 1 is 1.18 bits per heavy atom. The lowest BCUT2D eigenvalue weighted by Gasteiger charge is -2.14. The van der Waals surface area contributed by atoms with Gasteiger partial charge in [-0.05, 0) is 61.9 Å². The summed E-state index contributed by atoms with van der Waals surface area (Å²) in [5, 5.41) is 11.7. The van der Waals surface area contributed by atoms with E-state index in [2.05, 4.69) is 20.9 Å². The first kappa shape index (κ1) is 24.8. The maximum Gasteiger partial charge on any atom is 0.269 e. The van der Waals surface area contributed by atoms with E-state index < -0.39 is 4.92 Å². The van der Waals surface area contributed by atoms with Gasteiger partial charge in [-0.25, -0.2) is 0 Å². The molecule has 0 unspecified atom stereocenters. The van der Waals surface area contributed by atoms with Crippen molar-refractivity contribution in [3.8, 4) is 11.5 Å². The molecule has 0 radical (unpaired) electrons. The molecule has 2 aromatic carbocycles. The number of nitrogens with zero attached hydrogens (tertiary/aromatic N) is 3. The van der Waals surface area contributed by atoms with E-state index in [1.54, 1.807) is 23.1 Å². The number of non-ortho nitro benzene ring substituents is 1. The number of amides is 1. The van der Waals surface area contributed by atoms with E-state index in [1.165, 1.54) is 23.9 Å². The molecule has 1 heterocycles. The maximum atomic E-state index is 12.8. The van der Waals surface area contributed by atoms with E-state index in [0.29, 0.717) is 46.8 Å². The minimum Gasteiger partial charge on any atom is -0.490 e. The number of hydrogen-bond acceptors (Lipinski definition) is 7. The molecule has 0 bridgehead atoms. The average Bonchev–Trinajstić information content (AvgIpc) is 3.09. The summed E-state index contributed by atoms with van der Waals surface area (Å²) in [7, 11) is 0. The number of aliphatic imine (C=N–C) groups is 1. The Kier molecular flexibility index (Phi) is 8.51. The predicted octanol–water partition coefficient (Wildman–Crippen LogP) is 5.65. The van der Waals surface area contributed by atoms with Crippen LogP contribution in [0, 0.1) is 10.1 Å². The lowest BCUT2D eigenvalue weighted by Crippen LogP contribution is -2.28. The Bertz CT molecular complexity index is 1120. The summed E-state index contributed by atoms with van der Waals surface area (Å²) in [6.45, 7) is 7.45. The van der Waals surface area contributed by atoms with Gasteiger partial charge in [0, 0.05) is 29.7 Å². The molecule has 10 heteroatoms. The second-order valence-electron chi connectivity index (χ2n) is 6.89. The quantitative estimate of drug-likeness (QED) is 0.235. The van der Waals surface area contributed by atoms with Gasteiger partial charge in [0.05, 0.1) is 16.4 Å². The van der Waals surface area contributed by atoms with Crippen LogP contribution in [0.2, 0.25) is 0 Å². The first-order chi connectivity index (χ1) is 15.9. The first-order valence-corrected chi connectivity index (χ1v) is 12.1. The zero-order valence-corrected chi connectivity index (χ0v) is 20.9. The Morgan fingerprint density at radius 2 is 1.94 bits per heavy atom. The van der Waals surface area contributed by atoms with Crippen molar-refractivity contribution >= 4 is 50.5 Å². The van der Waals surface area contributed by atoms with Crippen LogP contribution in [0.5, 0.6) is 11.5 Å². The summed E-state index contributed by atoms with van der Waals surface area (Å²) < 4.78 is 12.4. The van der Waals surface area contributed by atoms with Gasteiger partial charge in [-0.15, -0.1) is 0 Å². The number of nitro groups is 1. The summed E-state index contributed by atoms with van der Waals surface area (Å²) in [5.74, 6) is 0.931. The zero-order valence-electron chi connectivity index (χ0n) is 18.5. The van der Waals surface area contributed by atoms with E-state index >= 15 is 0 Å². The van der Waals surface area contributed by atoms with Gasteiger partial charge < -0.3 is 9.47 Å². The Morgan fingerprint density at radius 3 is 2.61 bits per heavy atom. The van der Waals surface area contributed by atoms with Gasteiger partial charge >= 0.3 is 0 Å². The largest absolute Gasteiger partial charge is 0.490 e. The molecule has 1 aliphatic rings. The summed E-state index contributed by atoms with van der Waals surface area (Å²) >= 11 is 4.91. The van der Waals surface area contributed by atoms with Gasteiger partial charge in [0.1, 0.15) is 6.61 Å². The fourth-order valence-corrected chi connectivity index (χ4v) is 4.68. The highest BCUT2D eigenvalue weighted by atomic mass is 79.9. The predicted molar refractivity (Wildman–Crippen MR) is 134 cm³/mol. The minimum atomic E-state index is -0.438. The number of halogens is 1. The van der Waals surface area contributed by atoms with Crippen LogP contribution in [0.15, 0.2) is 50.8 Å². The van der Waals surface area contributed by atoms with Gasteiger partial charge in [-0.3, -0.25) is 24.8 Å². The van der Waals surface area contributed by atoms with Crippen LogP contribution in [0.3, 0.4) is 0 Å². The van der Waals surface area contributed by atoms with Gasteiger partial charge in [-0.1, -0.05) is 28.1 Å². The monoisotopic (exact) mass is 533 g/mol. The highest BCUT2D eigenvalue weighted by molar-refractivity contribution is 9.10. The molecule has 0 aliphatic carbocycles. The van der Waals surface area contributed by atoms with Crippen molar-refractivity contribution in [2.45, 2.75) is 27.4 Å². The molecule has 0 atom stereocenters. The van der Waals surface area contributed by atoms with E-state index in [1.807, 2.05) is 32.9 Å².